The summed E-state index contributed by atoms with van der Waals surface area (Å²) in [6, 6.07) is 4.98. The number of carbonyl (C=O) groups is 1. The summed E-state index contributed by atoms with van der Waals surface area (Å²) in [6.45, 7) is 6.64. The monoisotopic (exact) mass is 287 g/mol. The van der Waals surface area contributed by atoms with Crippen LogP contribution in [0.1, 0.15) is 52.7 Å². The number of piperidine rings is 1. The molecule has 1 aromatic rings. The predicted molar refractivity (Wildman–Crippen MR) is 83.7 cm³/mol. The van der Waals surface area contributed by atoms with Crippen molar-refractivity contribution in [1.82, 2.24) is 4.90 Å². The summed E-state index contributed by atoms with van der Waals surface area (Å²) in [7, 11) is 0. The molecule has 114 valence electrons. The van der Waals surface area contributed by atoms with Gasteiger partial charge in [0.15, 0.2) is 5.78 Å². The summed E-state index contributed by atoms with van der Waals surface area (Å²) in [5.41, 5.74) is 4.28. The number of hydrogen-bond acceptors (Lipinski definition) is 3. The average molecular weight is 287 g/mol. The highest BCUT2D eigenvalue weighted by Gasteiger charge is 2.40. The van der Waals surface area contributed by atoms with Crippen molar-refractivity contribution in [3.8, 4) is 0 Å². The lowest BCUT2D eigenvalue weighted by atomic mass is 9.94. The molecule has 0 aromatic heterocycles. The van der Waals surface area contributed by atoms with Gasteiger partial charge in [0.1, 0.15) is 0 Å². The normalized spacial score (nSPS) is 28.9. The van der Waals surface area contributed by atoms with Crippen LogP contribution in [0.2, 0.25) is 0 Å². The highest BCUT2D eigenvalue weighted by atomic mass is 16.3. The molecule has 21 heavy (non-hydrogen) atoms. The fourth-order valence-corrected chi connectivity index (χ4v) is 4.37. The first-order valence-electron chi connectivity index (χ1n) is 8.00. The number of ketones is 1. The Kier molecular flexibility index (Phi) is 3.89. The Hall–Kier alpha value is -1.19. The van der Waals surface area contributed by atoms with Crippen LogP contribution in [0.4, 0.5) is 0 Å². The van der Waals surface area contributed by atoms with Crippen molar-refractivity contribution in [1.29, 1.82) is 0 Å². The molecule has 2 heterocycles. The Morgan fingerprint density at radius 2 is 1.67 bits per heavy atom. The minimum absolute atomic E-state index is 0.170. The van der Waals surface area contributed by atoms with E-state index in [0.29, 0.717) is 18.6 Å². The number of carbonyl (C=O) groups excluding carboxylic acids is 1. The molecule has 3 nitrogen and oxygen atoms in total. The van der Waals surface area contributed by atoms with Gasteiger partial charge in [0.05, 0.1) is 12.6 Å². The Morgan fingerprint density at radius 1 is 1.14 bits per heavy atom. The van der Waals surface area contributed by atoms with Gasteiger partial charge in [0.25, 0.3) is 0 Å². The maximum absolute atomic E-state index is 12.8. The largest absolute Gasteiger partial charge is 0.393 e. The zero-order valence-corrected chi connectivity index (χ0v) is 13.2. The third-order valence-corrected chi connectivity index (χ3v) is 5.14. The number of aryl methyl sites for hydroxylation is 3. The SMILES string of the molecule is Cc1cc(C)c(C(=O)CN2C3CCC2CC(O)C3)c(C)c1. The third kappa shape index (κ3) is 2.77. The van der Waals surface area contributed by atoms with Gasteiger partial charge in [-0.15, -0.1) is 0 Å². The lowest BCUT2D eigenvalue weighted by molar-refractivity contribution is 0.0344. The van der Waals surface area contributed by atoms with E-state index in [1.54, 1.807) is 0 Å². The molecule has 0 radical (unpaired) electrons. The molecule has 3 heteroatoms. The first-order chi connectivity index (χ1) is 9.95. The molecule has 2 aliphatic heterocycles. The van der Waals surface area contributed by atoms with E-state index in [1.165, 1.54) is 5.56 Å². The molecule has 2 saturated heterocycles. The lowest BCUT2D eigenvalue weighted by Crippen LogP contribution is -2.47. The summed E-state index contributed by atoms with van der Waals surface area (Å²) < 4.78 is 0. The lowest BCUT2D eigenvalue weighted by Gasteiger charge is -2.36. The molecule has 2 bridgehead atoms. The van der Waals surface area contributed by atoms with Gasteiger partial charge >= 0.3 is 0 Å². The fourth-order valence-electron chi connectivity index (χ4n) is 4.37. The summed E-state index contributed by atoms with van der Waals surface area (Å²) in [5.74, 6) is 0.235. The van der Waals surface area contributed by atoms with E-state index in [2.05, 4.69) is 24.0 Å². The minimum atomic E-state index is -0.170. The van der Waals surface area contributed by atoms with Gasteiger partial charge < -0.3 is 5.11 Å². The van der Waals surface area contributed by atoms with Gasteiger partial charge in [-0.2, -0.15) is 0 Å². The molecule has 0 saturated carbocycles. The Labute approximate surface area is 127 Å². The standard InChI is InChI=1S/C18H25NO2/c1-11-6-12(2)18(13(3)7-11)17(21)10-19-14-4-5-15(19)9-16(20)8-14/h6-7,14-16,20H,4-5,8-10H2,1-3H3. The molecule has 1 aromatic carbocycles. The van der Waals surface area contributed by atoms with Crippen LogP contribution in [0, 0.1) is 20.8 Å². The van der Waals surface area contributed by atoms with E-state index in [4.69, 9.17) is 0 Å². The van der Waals surface area contributed by atoms with Crippen LogP contribution in [0.15, 0.2) is 12.1 Å². The number of Topliss-reactive ketones (excluding diaryl/α,β-unsaturated/α-hetero) is 1. The molecule has 0 spiro atoms. The van der Waals surface area contributed by atoms with Gasteiger partial charge in [-0.25, -0.2) is 0 Å². The van der Waals surface area contributed by atoms with Crippen molar-refractivity contribution in [2.24, 2.45) is 0 Å². The van der Waals surface area contributed by atoms with E-state index in [0.717, 1.165) is 42.4 Å². The van der Waals surface area contributed by atoms with E-state index < -0.39 is 0 Å². The number of fused-ring (bicyclic) bond motifs is 2. The average Bonchev–Trinajstić information content (AvgIpc) is 2.61. The fraction of sp³-hybridized carbons (Fsp3) is 0.611. The topological polar surface area (TPSA) is 40.5 Å². The Bertz CT molecular complexity index is 529. The zero-order chi connectivity index (χ0) is 15.1. The first-order valence-corrected chi connectivity index (χ1v) is 8.00. The number of benzene rings is 1. The molecular weight excluding hydrogens is 262 g/mol. The molecule has 3 rings (SSSR count). The van der Waals surface area contributed by atoms with E-state index >= 15 is 0 Å². The number of aliphatic hydroxyl groups is 1. The second-order valence-corrected chi connectivity index (χ2v) is 6.88. The third-order valence-electron chi connectivity index (χ3n) is 5.14. The highest BCUT2D eigenvalue weighted by molar-refractivity contribution is 6.00. The summed E-state index contributed by atoms with van der Waals surface area (Å²) in [5, 5.41) is 9.87. The van der Waals surface area contributed by atoms with Crippen LogP contribution in [0.3, 0.4) is 0 Å². The maximum Gasteiger partial charge on any atom is 0.177 e. The van der Waals surface area contributed by atoms with Gasteiger partial charge in [0, 0.05) is 17.6 Å². The maximum atomic E-state index is 12.8. The van der Waals surface area contributed by atoms with Crippen LogP contribution in [-0.4, -0.2) is 40.5 Å². The zero-order valence-electron chi connectivity index (χ0n) is 13.2. The molecular formula is C18H25NO2. The molecule has 2 unspecified atom stereocenters. The number of hydrogen-bond donors (Lipinski definition) is 1. The summed E-state index contributed by atoms with van der Waals surface area (Å²) in [4.78, 5) is 15.1. The van der Waals surface area contributed by atoms with Crippen molar-refractivity contribution < 1.29 is 9.90 Å². The van der Waals surface area contributed by atoms with Crippen LogP contribution >= 0.6 is 0 Å². The van der Waals surface area contributed by atoms with Crippen molar-refractivity contribution in [3.05, 3.63) is 34.4 Å². The Morgan fingerprint density at radius 3 is 2.19 bits per heavy atom. The summed E-state index contributed by atoms with van der Waals surface area (Å²) >= 11 is 0. The number of rotatable bonds is 3. The number of nitrogens with zero attached hydrogens (tertiary/aromatic N) is 1. The van der Waals surface area contributed by atoms with E-state index in [9.17, 15) is 9.90 Å². The number of aliphatic hydroxyl groups excluding tert-OH is 1. The minimum Gasteiger partial charge on any atom is -0.393 e. The van der Waals surface area contributed by atoms with Gasteiger partial charge in [-0.3, -0.25) is 9.69 Å². The van der Waals surface area contributed by atoms with Crippen molar-refractivity contribution >= 4 is 5.78 Å². The Balaban J connectivity index is 1.79. The molecule has 2 aliphatic rings. The van der Waals surface area contributed by atoms with Gasteiger partial charge in [0.2, 0.25) is 0 Å². The smallest absolute Gasteiger partial charge is 0.177 e. The first kappa shape index (κ1) is 14.7. The quantitative estimate of drug-likeness (QED) is 0.869. The van der Waals surface area contributed by atoms with E-state index in [1.807, 2.05) is 13.8 Å². The van der Waals surface area contributed by atoms with E-state index in [-0.39, 0.29) is 11.9 Å². The molecule has 0 aliphatic carbocycles. The van der Waals surface area contributed by atoms with Crippen LogP contribution < -0.4 is 0 Å². The molecule has 2 fully saturated rings. The highest BCUT2D eigenvalue weighted by Crippen LogP contribution is 2.35. The predicted octanol–water partition coefficient (Wildman–Crippen LogP) is 2.78. The van der Waals surface area contributed by atoms with Crippen molar-refractivity contribution in [3.63, 3.8) is 0 Å². The van der Waals surface area contributed by atoms with Crippen molar-refractivity contribution in [2.75, 3.05) is 6.54 Å². The van der Waals surface area contributed by atoms with Crippen LogP contribution in [0.5, 0.6) is 0 Å². The van der Waals surface area contributed by atoms with Gasteiger partial charge in [-0.05, 0) is 57.6 Å². The second-order valence-electron chi connectivity index (χ2n) is 6.88. The molecule has 1 N–H and O–H groups in total. The second kappa shape index (κ2) is 5.54. The summed E-state index contributed by atoms with van der Waals surface area (Å²) in [6.07, 6.45) is 3.74. The van der Waals surface area contributed by atoms with Crippen LogP contribution in [-0.2, 0) is 0 Å². The molecule has 2 atom stereocenters. The van der Waals surface area contributed by atoms with Crippen molar-refractivity contribution in [2.45, 2.75) is 64.6 Å². The molecule has 0 amide bonds. The van der Waals surface area contributed by atoms with Gasteiger partial charge in [-0.1, -0.05) is 17.7 Å². The van der Waals surface area contributed by atoms with Crippen LogP contribution in [0.25, 0.3) is 0 Å².